The molecule has 1 N–H and O–H groups in total. The topological polar surface area (TPSA) is 76.6 Å². The van der Waals surface area contributed by atoms with Crippen LogP contribution in [-0.2, 0) is 0 Å². The summed E-state index contributed by atoms with van der Waals surface area (Å²) in [4.78, 5) is 22.5. The van der Waals surface area contributed by atoms with E-state index in [0.29, 0.717) is 24.7 Å². The monoisotopic (exact) mass is 378 g/mol. The van der Waals surface area contributed by atoms with Crippen LogP contribution in [0.4, 0.5) is 11.6 Å². The van der Waals surface area contributed by atoms with Crippen LogP contribution in [0.5, 0.6) is 11.5 Å². The normalized spacial score (nSPS) is 10.2. The van der Waals surface area contributed by atoms with Crippen LogP contribution in [0.3, 0.4) is 0 Å². The molecule has 7 heteroatoms. The third-order valence-electron chi connectivity index (χ3n) is 4.06. The molecule has 2 aromatic carbocycles. The average Bonchev–Trinajstić information content (AvgIpc) is 2.77. The van der Waals surface area contributed by atoms with E-state index in [1.165, 1.54) is 12.4 Å². The lowest BCUT2D eigenvalue weighted by Crippen LogP contribution is -2.26. The number of hydrogen-bond donors (Lipinski definition) is 1. The number of hydrogen-bond acceptors (Lipinski definition) is 6. The SMILES string of the molecule is COc1ccc(OCCNc2ncc(C(=O)N(C)c3ccccc3)cn2)cc1. The number of aromatic nitrogens is 2. The lowest BCUT2D eigenvalue weighted by molar-refractivity contribution is 0.0992. The number of methoxy groups -OCH3 is 1. The van der Waals surface area contributed by atoms with Crippen molar-refractivity contribution in [3.63, 3.8) is 0 Å². The van der Waals surface area contributed by atoms with E-state index in [-0.39, 0.29) is 5.91 Å². The van der Waals surface area contributed by atoms with Crippen LogP contribution < -0.4 is 19.7 Å². The Hall–Kier alpha value is -3.61. The molecule has 1 amide bonds. The number of anilines is 2. The van der Waals surface area contributed by atoms with E-state index in [1.54, 1.807) is 19.1 Å². The Kier molecular flexibility index (Phi) is 6.41. The van der Waals surface area contributed by atoms with Crippen LogP contribution in [0.2, 0.25) is 0 Å². The van der Waals surface area contributed by atoms with Gasteiger partial charge in [-0.25, -0.2) is 9.97 Å². The zero-order valence-electron chi connectivity index (χ0n) is 15.8. The molecule has 3 aromatic rings. The van der Waals surface area contributed by atoms with Crippen LogP contribution in [0.25, 0.3) is 0 Å². The number of rotatable bonds is 8. The molecule has 0 atom stereocenters. The first kappa shape index (κ1) is 19.2. The van der Waals surface area contributed by atoms with Gasteiger partial charge in [0.1, 0.15) is 18.1 Å². The molecule has 1 aromatic heterocycles. The summed E-state index contributed by atoms with van der Waals surface area (Å²) < 4.78 is 10.7. The number of para-hydroxylation sites is 1. The Balaban J connectivity index is 1.48. The molecule has 0 spiro atoms. The van der Waals surface area contributed by atoms with Crippen molar-refractivity contribution in [3.05, 3.63) is 72.6 Å². The largest absolute Gasteiger partial charge is 0.497 e. The van der Waals surface area contributed by atoms with Gasteiger partial charge in [-0.2, -0.15) is 0 Å². The molecule has 0 aliphatic rings. The molecule has 0 aliphatic carbocycles. The van der Waals surface area contributed by atoms with Crippen molar-refractivity contribution < 1.29 is 14.3 Å². The van der Waals surface area contributed by atoms with E-state index in [9.17, 15) is 4.79 Å². The second-order valence-corrected chi connectivity index (χ2v) is 5.95. The standard InChI is InChI=1S/C21H22N4O3/c1-25(17-6-4-3-5-7-17)20(26)16-14-23-21(24-15-16)22-12-13-28-19-10-8-18(27-2)9-11-19/h3-11,14-15H,12-13H2,1-2H3,(H,22,23,24). The minimum absolute atomic E-state index is 0.166. The highest BCUT2D eigenvalue weighted by Gasteiger charge is 2.14. The highest BCUT2D eigenvalue weighted by atomic mass is 16.5. The predicted octanol–water partition coefficient (Wildman–Crippen LogP) is 3.25. The zero-order valence-corrected chi connectivity index (χ0v) is 15.8. The molecule has 0 saturated carbocycles. The molecule has 0 aliphatic heterocycles. The lowest BCUT2D eigenvalue weighted by Gasteiger charge is -2.17. The summed E-state index contributed by atoms with van der Waals surface area (Å²) in [6, 6.07) is 16.8. The number of nitrogens with zero attached hydrogens (tertiary/aromatic N) is 3. The van der Waals surface area contributed by atoms with Crippen molar-refractivity contribution in [1.29, 1.82) is 0 Å². The molecule has 0 bridgehead atoms. The summed E-state index contributed by atoms with van der Waals surface area (Å²) >= 11 is 0. The van der Waals surface area contributed by atoms with Crippen LogP contribution in [0.1, 0.15) is 10.4 Å². The highest BCUT2D eigenvalue weighted by molar-refractivity contribution is 6.05. The zero-order chi connectivity index (χ0) is 19.8. The summed E-state index contributed by atoms with van der Waals surface area (Å²) in [5.74, 6) is 1.82. The van der Waals surface area contributed by atoms with Crippen LogP contribution in [0.15, 0.2) is 67.0 Å². The van der Waals surface area contributed by atoms with Gasteiger partial charge in [-0.1, -0.05) is 18.2 Å². The number of ether oxygens (including phenoxy) is 2. The van der Waals surface area contributed by atoms with Crippen molar-refractivity contribution in [2.24, 2.45) is 0 Å². The Labute approximate surface area is 164 Å². The third kappa shape index (κ3) is 4.97. The first-order valence-electron chi connectivity index (χ1n) is 8.83. The fraction of sp³-hybridized carbons (Fsp3) is 0.190. The average molecular weight is 378 g/mol. The van der Waals surface area contributed by atoms with Crippen molar-refractivity contribution >= 4 is 17.5 Å². The Morgan fingerprint density at radius 1 is 1.00 bits per heavy atom. The minimum atomic E-state index is -0.166. The van der Waals surface area contributed by atoms with Gasteiger partial charge < -0.3 is 19.7 Å². The van der Waals surface area contributed by atoms with E-state index in [0.717, 1.165) is 17.2 Å². The van der Waals surface area contributed by atoms with Crippen LogP contribution >= 0.6 is 0 Å². The van der Waals surface area contributed by atoms with E-state index in [4.69, 9.17) is 9.47 Å². The van der Waals surface area contributed by atoms with Crippen molar-refractivity contribution in [2.45, 2.75) is 0 Å². The number of carbonyl (C=O) groups is 1. The van der Waals surface area contributed by atoms with Crippen molar-refractivity contribution in [2.75, 3.05) is 37.5 Å². The molecule has 3 rings (SSSR count). The van der Waals surface area contributed by atoms with Gasteiger partial charge >= 0.3 is 0 Å². The van der Waals surface area contributed by atoms with E-state index < -0.39 is 0 Å². The lowest BCUT2D eigenvalue weighted by atomic mass is 10.2. The van der Waals surface area contributed by atoms with Crippen LogP contribution in [0, 0.1) is 0 Å². The summed E-state index contributed by atoms with van der Waals surface area (Å²) in [5, 5.41) is 3.07. The predicted molar refractivity (Wildman–Crippen MR) is 108 cm³/mol. The van der Waals surface area contributed by atoms with Gasteiger partial charge in [-0.15, -0.1) is 0 Å². The fourth-order valence-corrected chi connectivity index (χ4v) is 2.50. The maximum absolute atomic E-state index is 12.5. The van der Waals surface area contributed by atoms with Gasteiger partial charge in [0.15, 0.2) is 0 Å². The number of benzene rings is 2. The molecule has 1 heterocycles. The van der Waals surface area contributed by atoms with E-state index in [1.807, 2.05) is 54.6 Å². The third-order valence-corrected chi connectivity index (χ3v) is 4.06. The maximum Gasteiger partial charge on any atom is 0.261 e. The molecule has 0 fully saturated rings. The summed E-state index contributed by atoms with van der Waals surface area (Å²) in [6.45, 7) is 0.982. The van der Waals surface area contributed by atoms with E-state index >= 15 is 0 Å². The molecular weight excluding hydrogens is 356 g/mol. The Morgan fingerprint density at radius 3 is 2.29 bits per heavy atom. The molecule has 0 saturated heterocycles. The minimum Gasteiger partial charge on any atom is -0.497 e. The van der Waals surface area contributed by atoms with Crippen LogP contribution in [-0.4, -0.2) is 43.2 Å². The van der Waals surface area contributed by atoms with Gasteiger partial charge in [0.2, 0.25) is 5.95 Å². The van der Waals surface area contributed by atoms with Gasteiger partial charge in [-0.05, 0) is 36.4 Å². The highest BCUT2D eigenvalue weighted by Crippen LogP contribution is 2.17. The molecule has 0 radical (unpaired) electrons. The van der Waals surface area contributed by atoms with Gasteiger partial charge in [0, 0.05) is 25.1 Å². The van der Waals surface area contributed by atoms with Gasteiger partial charge in [0.25, 0.3) is 5.91 Å². The second-order valence-electron chi connectivity index (χ2n) is 5.95. The number of amides is 1. The maximum atomic E-state index is 12.5. The number of carbonyl (C=O) groups excluding carboxylic acids is 1. The molecule has 0 unspecified atom stereocenters. The van der Waals surface area contributed by atoms with Gasteiger partial charge in [-0.3, -0.25) is 4.79 Å². The Morgan fingerprint density at radius 2 is 1.64 bits per heavy atom. The smallest absolute Gasteiger partial charge is 0.261 e. The molecular formula is C21H22N4O3. The fourth-order valence-electron chi connectivity index (χ4n) is 2.50. The Bertz CT molecular complexity index is 884. The second kappa shape index (κ2) is 9.36. The summed E-state index contributed by atoms with van der Waals surface area (Å²) in [7, 11) is 3.35. The first-order valence-corrected chi connectivity index (χ1v) is 8.83. The first-order chi connectivity index (χ1) is 13.7. The number of nitrogens with one attached hydrogen (secondary N) is 1. The molecule has 144 valence electrons. The van der Waals surface area contributed by atoms with Crippen molar-refractivity contribution in [1.82, 2.24) is 9.97 Å². The van der Waals surface area contributed by atoms with Gasteiger partial charge in [0.05, 0.1) is 19.2 Å². The quantitative estimate of drug-likeness (QED) is 0.607. The molecule has 7 nitrogen and oxygen atoms in total. The molecule has 28 heavy (non-hydrogen) atoms. The summed E-state index contributed by atoms with van der Waals surface area (Å²) in [5.41, 5.74) is 1.23. The summed E-state index contributed by atoms with van der Waals surface area (Å²) in [6.07, 6.45) is 3.03. The van der Waals surface area contributed by atoms with Crippen molar-refractivity contribution in [3.8, 4) is 11.5 Å². The van der Waals surface area contributed by atoms with E-state index in [2.05, 4.69) is 15.3 Å².